The van der Waals surface area contributed by atoms with Crippen molar-refractivity contribution in [3.63, 3.8) is 0 Å². The molecule has 0 saturated carbocycles. The smallest absolute Gasteiger partial charge is 0.228 e. The number of sulfone groups is 1. The third kappa shape index (κ3) is 3.36. The SMILES string of the molecule is Cc1ccc(C)c(S(=O)(=O)N2CC(S(=O)(=O)CC(C)C)C2)c1. The molecule has 2 rings (SSSR count). The summed E-state index contributed by atoms with van der Waals surface area (Å²) in [5.74, 6) is 0.157. The first-order valence-electron chi connectivity index (χ1n) is 7.33. The van der Waals surface area contributed by atoms with Crippen molar-refractivity contribution < 1.29 is 16.8 Å². The monoisotopic (exact) mass is 345 g/mol. The molecule has 1 aromatic carbocycles. The molecule has 0 atom stereocenters. The van der Waals surface area contributed by atoms with Crippen LogP contribution in [0, 0.1) is 19.8 Å². The van der Waals surface area contributed by atoms with Crippen LogP contribution in [0.4, 0.5) is 0 Å². The Morgan fingerprint density at radius 2 is 1.73 bits per heavy atom. The van der Waals surface area contributed by atoms with Gasteiger partial charge in [0.05, 0.1) is 15.9 Å². The van der Waals surface area contributed by atoms with Crippen LogP contribution in [-0.4, -0.2) is 45.2 Å². The standard InChI is InChI=1S/C15H23NO4S2/c1-11(2)10-21(17,18)14-8-16(9-14)22(19,20)15-7-12(3)5-6-13(15)4/h5-7,11,14H,8-10H2,1-4H3. The van der Waals surface area contributed by atoms with Gasteiger partial charge in [0.25, 0.3) is 0 Å². The quantitative estimate of drug-likeness (QED) is 0.815. The first-order valence-corrected chi connectivity index (χ1v) is 10.5. The molecule has 124 valence electrons. The van der Waals surface area contributed by atoms with Crippen molar-refractivity contribution >= 4 is 19.9 Å². The summed E-state index contributed by atoms with van der Waals surface area (Å²) in [4.78, 5) is 0.271. The van der Waals surface area contributed by atoms with Crippen LogP contribution in [0.25, 0.3) is 0 Å². The molecule has 0 bridgehead atoms. The molecule has 0 aliphatic carbocycles. The highest BCUT2D eigenvalue weighted by atomic mass is 32.2. The third-order valence-electron chi connectivity index (χ3n) is 3.85. The van der Waals surface area contributed by atoms with E-state index in [0.717, 1.165) is 5.56 Å². The van der Waals surface area contributed by atoms with Gasteiger partial charge in [-0.3, -0.25) is 0 Å². The fourth-order valence-electron chi connectivity index (χ4n) is 2.55. The van der Waals surface area contributed by atoms with Gasteiger partial charge in [0.15, 0.2) is 9.84 Å². The van der Waals surface area contributed by atoms with E-state index in [1.165, 1.54) is 4.31 Å². The summed E-state index contributed by atoms with van der Waals surface area (Å²) in [6.07, 6.45) is 0. The van der Waals surface area contributed by atoms with Crippen molar-refractivity contribution in [3.8, 4) is 0 Å². The Bertz CT molecular complexity index is 761. The van der Waals surface area contributed by atoms with Gasteiger partial charge in [-0.05, 0) is 37.0 Å². The molecule has 1 heterocycles. The van der Waals surface area contributed by atoms with Crippen LogP contribution >= 0.6 is 0 Å². The Morgan fingerprint density at radius 3 is 2.27 bits per heavy atom. The lowest BCUT2D eigenvalue weighted by Gasteiger charge is -2.38. The maximum atomic E-state index is 12.6. The molecule has 0 radical (unpaired) electrons. The summed E-state index contributed by atoms with van der Waals surface area (Å²) < 4.78 is 50.8. The van der Waals surface area contributed by atoms with Crippen molar-refractivity contribution in [1.29, 1.82) is 0 Å². The molecule has 0 spiro atoms. The first kappa shape index (κ1) is 17.4. The highest BCUT2D eigenvalue weighted by Gasteiger charge is 2.43. The zero-order valence-corrected chi connectivity index (χ0v) is 15.0. The average molecular weight is 345 g/mol. The Hall–Kier alpha value is -0.920. The fourth-order valence-corrected chi connectivity index (χ4v) is 6.59. The van der Waals surface area contributed by atoms with Crippen LogP contribution in [-0.2, 0) is 19.9 Å². The summed E-state index contributed by atoms with van der Waals surface area (Å²) >= 11 is 0. The lowest BCUT2D eigenvalue weighted by Crippen LogP contribution is -2.57. The number of nitrogens with zero attached hydrogens (tertiary/aromatic N) is 1. The van der Waals surface area contributed by atoms with Gasteiger partial charge in [-0.25, -0.2) is 16.8 Å². The Balaban J connectivity index is 2.17. The fraction of sp³-hybridized carbons (Fsp3) is 0.600. The van der Waals surface area contributed by atoms with Gasteiger partial charge in [-0.15, -0.1) is 0 Å². The largest absolute Gasteiger partial charge is 0.243 e. The number of rotatable bonds is 5. The van der Waals surface area contributed by atoms with Gasteiger partial charge in [-0.2, -0.15) is 4.31 Å². The lowest BCUT2D eigenvalue weighted by molar-refractivity contribution is 0.309. The summed E-state index contributed by atoms with van der Waals surface area (Å²) in [7, 11) is -6.83. The molecule has 0 amide bonds. The highest BCUT2D eigenvalue weighted by Crippen LogP contribution is 2.28. The zero-order chi connectivity index (χ0) is 16.7. The number of benzene rings is 1. The molecule has 1 saturated heterocycles. The maximum Gasteiger partial charge on any atom is 0.243 e. The van der Waals surface area contributed by atoms with E-state index in [4.69, 9.17) is 0 Å². The van der Waals surface area contributed by atoms with Crippen LogP contribution in [0.1, 0.15) is 25.0 Å². The summed E-state index contributed by atoms with van der Waals surface area (Å²) in [5, 5.41) is -0.574. The molecular weight excluding hydrogens is 322 g/mol. The zero-order valence-electron chi connectivity index (χ0n) is 13.4. The molecule has 22 heavy (non-hydrogen) atoms. The van der Waals surface area contributed by atoms with Gasteiger partial charge >= 0.3 is 0 Å². The van der Waals surface area contributed by atoms with E-state index in [-0.39, 0.29) is 29.7 Å². The van der Waals surface area contributed by atoms with Crippen molar-refractivity contribution in [2.24, 2.45) is 5.92 Å². The van der Waals surface area contributed by atoms with Gasteiger partial charge in [0.2, 0.25) is 10.0 Å². The normalized spacial score (nSPS) is 17.7. The van der Waals surface area contributed by atoms with Crippen molar-refractivity contribution in [1.82, 2.24) is 4.31 Å². The Morgan fingerprint density at radius 1 is 1.14 bits per heavy atom. The van der Waals surface area contributed by atoms with Crippen LogP contribution in [0.2, 0.25) is 0 Å². The molecular formula is C15H23NO4S2. The third-order valence-corrected chi connectivity index (χ3v) is 8.27. The molecule has 1 aromatic rings. The molecule has 0 N–H and O–H groups in total. The number of aryl methyl sites for hydroxylation is 2. The van der Waals surface area contributed by atoms with E-state index < -0.39 is 25.1 Å². The van der Waals surface area contributed by atoms with Crippen LogP contribution in [0.15, 0.2) is 23.1 Å². The molecule has 1 fully saturated rings. The molecule has 0 unspecified atom stereocenters. The van der Waals surface area contributed by atoms with E-state index in [9.17, 15) is 16.8 Å². The van der Waals surface area contributed by atoms with Gasteiger partial charge in [0.1, 0.15) is 0 Å². The molecule has 7 heteroatoms. The van der Waals surface area contributed by atoms with Crippen LogP contribution in [0.5, 0.6) is 0 Å². The predicted octanol–water partition coefficient (Wildman–Crippen LogP) is 1.75. The Labute approximate surface area is 133 Å². The molecule has 1 aliphatic rings. The van der Waals surface area contributed by atoms with Crippen LogP contribution < -0.4 is 0 Å². The first-order chi connectivity index (χ1) is 10.0. The van der Waals surface area contributed by atoms with E-state index in [1.807, 2.05) is 26.8 Å². The second kappa shape index (κ2) is 5.94. The summed E-state index contributed by atoms with van der Waals surface area (Å²) in [6, 6.07) is 5.27. The number of hydrogen-bond donors (Lipinski definition) is 0. The van der Waals surface area contributed by atoms with Crippen LogP contribution in [0.3, 0.4) is 0 Å². The predicted molar refractivity (Wildman–Crippen MR) is 87.1 cm³/mol. The average Bonchev–Trinajstić information content (AvgIpc) is 2.27. The number of hydrogen-bond acceptors (Lipinski definition) is 4. The number of sulfonamides is 1. The van der Waals surface area contributed by atoms with E-state index >= 15 is 0 Å². The van der Waals surface area contributed by atoms with Crippen molar-refractivity contribution in [2.45, 2.75) is 37.8 Å². The van der Waals surface area contributed by atoms with E-state index in [1.54, 1.807) is 19.1 Å². The van der Waals surface area contributed by atoms with Gasteiger partial charge in [0, 0.05) is 13.1 Å². The lowest BCUT2D eigenvalue weighted by atomic mass is 10.2. The topological polar surface area (TPSA) is 71.5 Å². The van der Waals surface area contributed by atoms with Crippen molar-refractivity contribution in [3.05, 3.63) is 29.3 Å². The van der Waals surface area contributed by atoms with E-state index in [2.05, 4.69) is 0 Å². The summed E-state index contributed by atoms with van der Waals surface area (Å²) in [5.41, 5.74) is 1.55. The maximum absolute atomic E-state index is 12.6. The van der Waals surface area contributed by atoms with E-state index in [0.29, 0.717) is 5.56 Å². The second-order valence-corrected chi connectivity index (χ2v) is 10.7. The summed E-state index contributed by atoms with van der Waals surface area (Å²) in [6.45, 7) is 7.40. The van der Waals surface area contributed by atoms with Gasteiger partial charge < -0.3 is 0 Å². The van der Waals surface area contributed by atoms with Gasteiger partial charge in [-0.1, -0.05) is 26.0 Å². The minimum Gasteiger partial charge on any atom is -0.228 e. The highest BCUT2D eigenvalue weighted by molar-refractivity contribution is 7.92. The molecule has 1 aliphatic heterocycles. The Kier molecular flexibility index (Phi) is 4.71. The molecule has 0 aromatic heterocycles. The minimum absolute atomic E-state index is 0.0506. The minimum atomic E-state index is -3.61. The van der Waals surface area contributed by atoms with Crippen molar-refractivity contribution in [2.75, 3.05) is 18.8 Å². The molecule has 5 nitrogen and oxygen atoms in total. The second-order valence-electron chi connectivity index (χ2n) is 6.44.